The van der Waals surface area contributed by atoms with Crippen molar-refractivity contribution >= 4 is 0 Å². The van der Waals surface area contributed by atoms with Crippen molar-refractivity contribution in [1.29, 1.82) is 0 Å². The summed E-state index contributed by atoms with van der Waals surface area (Å²) in [5.41, 5.74) is -0.00764. The lowest BCUT2D eigenvalue weighted by Crippen LogP contribution is -2.25. The molecular formula is C11H20N2O3. The van der Waals surface area contributed by atoms with E-state index in [0.717, 1.165) is 0 Å². The Kier molecular flexibility index (Phi) is 5.28. The van der Waals surface area contributed by atoms with E-state index in [4.69, 9.17) is 9.47 Å². The van der Waals surface area contributed by atoms with Crippen LogP contribution in [0.2, 0.25) is 0 Å². The first-order valence-corrected chi connectivity index (χ1v) is 5.64. The first-order chi connectivity index (χ1) is 7.69. The summed E-state index contributed by atoms with van der Waals surface area (Å²) in [6.07, 6.45) is 3.99. The van der Waals surface area contributed by atoms with Crippen molar-refractivity contribution in [2.24, 2.45) is 7.05 Å². The van der Waals surface area contributed by atoms with E-state index in [1.165, 1.54) is 0 Å². The SMILES string of the molecule is CCOC(CCn1ccn(C)c1=O)OCC. The van der Waals surface area contributed by atoms with Gasteiger partial charge in [-0.3, -0.25) is 4.57 Å². The van der Waals surface area contributed by atoms with Gasteiger partial charge in [0, 0.05) is 45.6 Å². The van der Waals surface area contributed by atoms with Gasteiger partial charge in [0.25, 0.3) is 0 Å². The minimum atomic E-state index is -0.220. The maximum Gasteiger partial charge on any atom is 0.327 e. The number of aryl methyl sites for hydroxylation is 2. The van der Waals surface area contributed by atoms with Crippen LogP contribution in [-0.4, -0.2) is 28.6 Å². The highest BCUT2D eigenvalue weighted by molar-refractivity contribution is 4.79. The molecule has 0 atom stereocenters. The minimum Gasteiger partial charge on any atom is -0.353 e. The third kappa shape index (κ3) is 3.50. The van der Waals surface area contributed by atoms with Gasteiger partial charge in [-0.1, -0.05) is 0 Å². The van der Waals surface area contributed by atoms with Crippen LogP contribution in [0.4, 0.5) is 0 Å². The predicted molar refractivity (Wildman–Crippen MR) is 61.3 cm³/mol. The average molecular weight is 228 g/mol. The van der Waals surface area contributed by atoms with Gasteiger partial charge in [0.15, 0.2) is 6.29 Å². The first kappa shape index (κ1) is 13.0. The summed E-state index contributed by atoms with van der Waals surface area (Å²) in [4.78, 5) is 11.5. The highest BCUT2D eigenvalue weighted by Crippen LogP contribution is 2.02. The third-order valence-electron chi connectivity index (χ3n) is 2.33. The lowest BCUT2D eigenvalue weighted by molar-refractivity contribution is -0.141. The van der Waals surface area contributed by atoms with E-state index < -0.39 is 0 Å². The van der Waals surface area contributed by atoms with Gasteiger partial charge < -0.3 is 14.0 Å². The molecule has 0 saturated carbocycles. The van der Waals surface area contributed by atoms with E-state index >= 15 is 0 Å². The Morgan fingerprint density at radius 3 is 2.31 bits per heavy atom. The molecule has 0 fully saturated rings. The van der Waals surface area contributed by atoms with Gasteiger partial charge in [-0.15, -0.1) is 0 Å². The molecule has 0 N–H and O–H groups in total. The van der Waals surface area contributed by atoms with Crippen molar-refractivity contribution in [3.05, 3.63) is 22.9 Å². The van der Waals surface area contributed by atoms with Crippen molar-refractivity contribution in [3.8, 4) is 0 Å². The second-order valence-corrected chi connectivity index (χ2v) is 3.51. The van der Waals surface area contributed by atoms with Crippen LogP contribution < -0.4 is 5.69 Å². The number of nitrogens with zero attached hydrogens (tertiary/aromatic N) is 2. The Balaban J connectivity index is 2.48. The van der Waals surface area contributed by atoms with Crippen LogP contribution in [0, 0.1) is 0 Å². The minimum absolute atomic E-state index is 0.00764. The largest absolute Gasteiger partial charge is 0.353 e. The van der Waals surface area contributed by atoms with Crippen LogP contribution in [0.3, 0.4) is 0 Å². The molecule has 5 nitrogen and oxygen atoms in total. The molecule has 0 saturated heterocycles. The van der Waals surface area contributed by atoms with Crippen LogP contribution in [-0.2, 0) is 23.1 Å². The number of ether oxygens (including phenoxy) is 2. The summed E-state index contributed by atoms with van der Waals surface area (Å²) in [6, 6.07) is 0. The fraction of sp³-hybridized carbons (Fsp3) is 0.727. The van der Waals surface area contributed by atoms with E-state index in [2.05, 4.69) is 0 Å². The number of hydrogen-bond donors (Lipinski definition) is 0. The zero-order valence-electron chi connectivity index (χ0n) is 10.2. The topological polar surface area (TPSA) is 45.4 Å². The second kappa shape index (κ2) is 6.50. The Labute approximate surface area is 95.6 Å². The van der Waals surface area contributed by atoms with Crippen LogP contribution in [0.25, 0.3) is 0 Å². The summed E-state index contributed by atoms with van der Waals surface area (Å²) < 4.78 is 14.0. The summed E-state index contributed by atoms with van der Waals surface area (Å²) in [5, 5.41) is 0. The van der Waals surface area contributed by atoms with Crippen molar-refractivity contribution in [3.63, 3.8) is 0 Å². The molecule has 1 heterocycles. The van der Waals surface area contributed by atoms with Crippen molar-refractivity contribution in [1.82, 2.24) is 9.13 Å². The molecule has 0 radical (unpaired) electrons. The Morgan fingerprint density at radius 1 is 1.25 bits per heavy atom. The summed E-state index contributed by atoms with van der Waals surface area (Å²) in [5.74, 6) is 0. The molecule has 16 heavy (non-hydrogen) atoms. The van der Waals surface area contributed by atoms with E-state index in [0.29, 0.717) is 26.2 Å². The molecule has 0 aliphatic carbocycles. The quantitative estimate of drug-likeness (QED) is 0.653. The fourth-order valence-corrected chi connectivity index (χ4v) is 1.51. The third-order valence-corrected chi connectivity index (χ3v) is 2.33. The van der Waals surface area contributed by atoms with E-state index in [1.54, 1.807) is 28.6 Å². The molecule has 1 rings (SSSR count). The highest BCUT2D eigenvalue weighted by Gasteiger charge is 2.09. The zero-order chi connectivity index (χ0) is 12.0. The van der Waals surface area contributed by atoms with Crippen LogP contribution in [0.15, 0.2) is 17.2 Å². The molecule has 0 bridgehead atoms. The maximum absolute atomic E-state index is 11.5. The normalized spacial score (nSPS) is 11.2. The van der Waals surface area contributed by atoms with Gasteiger partial charge in [0.2, 0.25) is 0 Å². The lowest BCUT2D eigenvalue weighted by Gasteiger charge is -2.16. The van der Waals surface area contributed by atoms with E-state index in [-0.39, 0.29) is 12.0 Å². The molecule has 0 aliphatic heterocycles. The summed E-state index contributed by atoms with van der Waals surface area (Å²) in [6.45, 7) is 5.72. The Hall–Kier alpha value is -1.07. The molecule has 0 aliphatic rings. The highest BCUT2D eigenvalue weighted by atomic mass is 16.7. The fourth-order valence-electron chi connectivity index (χ4n) is 1.51. The average Bonchev–Trinajstić information content (AvgIpc) is 2.58. The van der Waals surface area contributed by atoms with Gasteiger partial charge in [-0.05, 0) is 13.8 Å². The van der Waals surface area contributed by atoms with Crippen molar-refractivity contribution in [2.75, 3.05) is 13.2 Å². The molecule has 0 amide bonds. The predicted octanol–water partition coefficient (Wildman–Crippen LogP) is 0.976. The van der Waals surface area contributed by atoms with E-state index in [1.807, 2.05) is 13.8 Å². The Morgan fingerprint density at radius 2 is 1.88 bits per heavy atom. The van der Waals surface area contributed by atoms with Crippen LogP contribution in [0.5, 0.6) is 0 Å². The maximum atomic E-state index is 11.5. The zero-order valence-corrected chi connectivity index (χ0v) is 10.2. The van der Waals surface area contributed by atoms with Gasteiger partial charge >= 0.3 is 5.69 Å². The van der Waals surface area contributed by atoms with Crippen molar-refractivity contribution < 1.29 is 9.47 Å². The van der Waals surface area contributed by atoms with Crippen LogP contribution >= 0.6 is 0 Å². The molecule has 0 spiro atoms. The first-order valence-electron chi connectivity index (χ1n) is 5.64. The van der Waals surface area contributed by atoms with E-state index in [9.17, 15) is 4.79 Å². The molecule has 0 unspecified atom stereocenters. The van der Waals surface area contributed by atoms with Crippen LogP contribution in [0.1, 0.15) is 20.3 Å². The standard InChI is InChI=1S/C11H20N2O3/c1-4-15-10(16-5-2)6-7-13-9-8-12(3)11(13)14/h8-10H,4-7H2,1-3H3. The lowest BCUT2D eigenvalue weighted by atomic mass is 10.4. The van der Waals surface area contributed by atoms with Gasteiger partial charge in [-0.25, -0.2) is 4.79 Å². The number of rotatable bonds is 7. The van der Waals surface area contributed by atoms with Crippen molar-refractivity contribution in [2.45, 2.75) is 33.1 Å². The van der Waals surface area contributed by atoms with Gasteiger partial charge in [0.1, 0.15) is 0 Å². The molecule has 1 aromatic rings. The monoisotopic (exact) mass is 228 g/mol. The van der Waals surface area contributed by atoms with Gasteiger partial charge in [0.05, 0.1) is 0 Å². The smallest absolute Gasteiger partial charge is 0.327 e. The summed E-state index contributed by atoms with van der Waals surface area (Å²) >= 11 is 0. The number of aromatic nitrogens is 2. The number of hydrogen-bond acceptors (Lipinski definition) is 3. The molecule has 5 heteroatoms. The number of imidazole rings is 1. The molecule has 92 valence electrons. The van der Waals surface area contributed by atoms with Gasteiger partial charge in [-0.2, -0.15) is 0 Å². The Bertz CT molecular complexity index is 350. The second-order valence-electron chi connectivity index (χ2n) is 3.51. The molecular weight excluding hydrogens is 208 g/mol. The molecule has 1 aromatic heterocycles. The summed E-state index contributed by atoms with van der Waals surface area (Å²) in [7, 11) is 1.74. The molecule has 0 aromatic carbocycles.